The highest BCUT2D eigenvalue weighted by molar-refractivity contribution is 5.89. The topological polar surface area (TPSA) is 32.8 Å². The van der Waals surface area contributed by atoms with Gasteiger partial charge in [0.15, 0.2) is 0 Å². The molecule has 22 heavy (non-hydrogen) atoms. The van der Waals surface area contributed by atoms with E-state index in [4.69, 9.17) is 4.74 Å². The van der Waals surface area contributed by atoms with E-state index in [1.165, 1.54) is 18.5 Å². The molecule has 0 radical (unpaired) electrons. The molecule has 0 saturated carbocycles. The maximum atomic E-state index is 11.8. The average Bonchev–Trinajstić information content (AvgIpc) is 2.49. The van der Waals surface area contributed by atoms with Crippen LogP contribution in [0.3, 0.4) is 0 Å². The molecule has 1 aromatic carbocycles. The van der Waals surface area contributed by atoms with Gasteiger partial charge in [-0.25, -0.2) is 4.79 Å². The number of benzene rings is 1. The molecule has 1 saturated heterocycles. The van der Waals surface area contributed by atoms with E-state index in [9.17, 15) is 4.79 Å². The van der Waals surface area contributed by atoms with Crippen LogP contribution in [0, 0.1) is 0 Å². The number of hydrogen-bond acceptors (Lipinski definition) is 4. The Bertz CT molecular complexity index is 462. The van der Waals surface area contributed by atoms with E-state index < -0.39 is 0 Å². The summed E-state index contributed by atoms with van der Waals surface area (Å²) in [6, 6.07) is 7.81. The van der Waals surface area contributed by atoms with Gasteiger partial charge in [-0.15, -0.1) is 0 Å². The first-order chi connectivity index (χ1) is 10.6. The molecular formula is C18H28N2O2. The van der Waals surface area contributed by atoms with Crippen LogP contribution in [0.2, 0.25) is 0 Å². The van der Waals surface area contributed by atoms with E-state index in [0.717, 1.165) is 32.7 Å². The highest BCUT2D eigenvalue weighted by Crippen LogP contribution is 2.11. The van der Waals surface area contributed by atoms with Gasteiger partial charge in [0.25, 0.3) is 0 Å². The van der Waals surface area contributed by atoms with Gasteiger partial charge in [-0.2, -0.15) is 0 Å². The zero-order valence-electron chi connectivity index (χ0n) is 14.0. The minimum absolute atomic E-state index is 0.0772. The molecule has 1 fully saturated rings. The van der Waals surface area contributed by atoms with Crippen molar-refractivity contribution in [1.29, 1.82) is 0 Å². The molecule has 1 aliphatic heterocycles. The third-order valence-electron chi connectivity index (χ3n) is 3.94. The van der Waals surface area contributed by atoms with E-state index in [0.29, 0.717) is 5.56 Å². The number of piperazine rings is 1. The Balaban J connectivity index is 1.83. The first-order valence-corrected chi connectivity index (χ1v) is 8.33. The molecule has 0 aliphatic carbocycles. The van der Waals surface area contributed by atoms with Crippen LogP contribution in [0.15, 0.2) is 24.3 Å². The van der Waals surface area contributed by atoms with Gasteiger partial charge >= 0.3 is 5.97 Å². The van der Waals surface area contributed by atoms with Crippen molar-refractivity contribution < 1.29 is 9.53 Å². The van der Waals surface area contributed by atoms with E-state index in [2.05, 4.69) is 16.7 Å². The Labute approximate surface area is 134 Å². The highest BCUT2D eigenvalue weighted by atomic mass is 16.5. The van der Waals surface area contributed by atoms with Crippen LogP contribution in [0.1, 0.15) is 43.1 Å². The molecule has 0 aromatic heterocycles. The van der Waals surface area contributed by atoms with Gasteiger partial charge in [-0.05, 0) is 44.5 Å². The normalized spacial score (nSPS) is 16.9. The van der Waals surface area contributed by atoms with Crippen LogP contribution in [-0.2, 0) is 11.3 Å². The molecule has 2 rings (SSSR count). The van der Waals surface area contributed by atoms with E-state index in [1.807, 2.05) is 38.1 Å². The lowest BCUT2D eigenvalue weighted by atomic mass is 10.1. The number of esters is 1. The largest absolute Gasteiger partial charge is 0.459 e. The Morgan fingerprint density at radius 1 is 1.09 bits per heavy atom. The second-order valence-corrected chi connectivity index (χ2v) is 6.27. The predicted octanol–water partition coefficient (Wildman–Crippen LogP) is 2.78. The van der Waals surface area contributed by atoms with Gasteiger partial charge < -0.3 is 9.64 Å². The zero-order valence-corrected chi connectivity index (χ0v) is 14.0. The maximum Gasteiger partial charge on any atom is 0.338 e. The summed E-state index contributed by atoms with van der Waals surface area (Å²) < 4.78 is 5.21. The monoisotopic (exact) mass is 304 g/mol. The van der Waals surface area contributed by atoms with E-state index in [1.54, 1.807) is 0 Å². The Morgan fingerprint density at radius 3 is 2.23 bits per heavy atom. The Hall–Kier alpha value is -1.39. The second kappa shape index (κ2) is 8.30. The third-order valence-corrected chi connectivity index (χ3v) is 3.94. The van der Waals surface area contributed by atoms with Gasteiger partial charge in [0, 0.05) is 32.7 Å². The van der Waals surface area contributed by atoms with Crippen molar-refractivity contribution in [3.63, 3.8) is 0 Å². The molecule has 4 nitrogen and oxygen atoms in total. The lowest BCUT2D eigenvalue weighted by Crippen LogP contribution is -2.45. The molecule has 4 heteroatoms. The van der Waals surface area contributed by atoms with Crippen molar-refractivity contribution in [2.45, 2.75) is 39.8 Å². The van der Waals surface area contributed by atoms with E-state index in [-0.39, 0.29) is 12.1 Å². The molecule has 0 unspecified atom stereocenters. The molecular weight excluding hydrogens is 276 g/mol. The molecule has 1 aliphatic rings. The summed E-state index contributed by atoms with van der Waals surface area (Å²) in [5.74, 6) is -0.241. The lowest BCUT2D eigenvalue weighted by Gasteiger charge is -2.34. The van der Waals surface area contributed by atoms with Crippen LogP contribution >= 0.6 is 0 Å². The van der Waals surface area contributed by atoms with Crippen molar-refractivity contribution in [1.82, 2.24) is 9.80 Å². The fourth-order valence-corrected chi connectivity index (χ4v) is 2.77. The Kier molecular flexibility index (Phi) is 6.40. The number of rotatable bonds is 6. The number of ether oxygens (including phenoxy) is 1. The Morgan fingerprint density at radius 2 is 1.68 bits per heavy atom. The third kappa shape index (κ3) is 5.11. The summed E-state index contributed by atoms with van der Waals surface area (Å²) in [4.78, 5) is 16.8. The maximum absolute atomic E-state index is 11.8. The summed E-state index contributed by atoms with van der Waals surface area (Å²) in [5, 5.41) is 0. The zero-order chi connectivity index (χ0) is 15.9. The van der Waals surface area contributed by atoms with Crippen LogP contribution in [0.4, 0.5) is 0 Å². The van der Waals surface area contributed by atoms with Crippen LogP contribution in [0.5, 0.6) is 0 Å². The van der Waals surface area contributed by atoms with Gasteiger partial charge in [0.1, 0.15) is 0 Å². The first-order valence-electron chi connectivity index (χ1n) is 8.33. The quantitative estimate of drug-likeness (QED) is 0.757. The van der Waals surface area contributed by atoms with Crippen LogP contribution in [0.25, 0.3) is 0 Å². The second-order valence-electron chi connectivity index (χ2n) is 6.27. The minimum atomic E-state index is -0.241. The van der Waals surface area contributed by atoms with Crippen molar-refractivity contribution >= 4 is 5.97 Å². The van der Waals surface area contributed by atoms with Crippen molar-refractivity contribution in [2.75, 3.05) is 32.7 Å². The molecule has 0 atom stereocenters. The molecule has 1 aromatic rings. The van der Waals surface area contributed by atoms with Gasteiger partial charge in [-0.1, -0.05) is 19.1 Å². The summed E-state index contributed by atoms with van der Waals surface area (Å²) in [7, 11) is 0. The standard InChI is InChI=1S/C18H28N2O2/c1-4-9-19-10-12-20(13-11-19)14-16-5-7-17(8-6-16)18(21)22-15(2)3/h5-8,15H,4,9-14H2,1-3H3. The number of carbonyl (C=O) groups excluding carboxylic acids is 1. The molecule has 0 spiro atoms. The van der Waals surface area contributed by atoms with Gasteiger partial charge in [0.2, 0.25) is 0 Å². The summed E-state index contributed by atoms with van der Waals surface area (Å²) >= 11 is 0. The minimum Gasteiger partial charge on any atom is -0.459 e. The van der Waals surface area contributed by atoms with Gasteiger partial charge in [0.05, 0.1) is 11.7 Å². The fraction of sp³-hybridized carbons (Fsp3) is 0.611. The van der Waals surface area contributed by atoms with Crippen LogP contribution in [-0.4, -0.2) is 54.6 Å². The molecule has 0 N–H and O–H groups in total. The molecule has 122 valence electrons. The van der Waals surface area contributed by atoms with E-state index >= 15 is 0 Å². The lowest BCUT2D eigenvalue weighted by molar-refractivity contribution is 0.0378. The molecule has 0 amide bonds. The molecule has 0 bridgehead atoms. The van der Waals surface area contributed by atoms with Crippen LogP contribution < -0.4 is 0 Å². The van der Waals surface area contributed by atoms with Gasteiger partial charge in [-0.3, -0.25) is 4.90 Å². The summed E-state index contributed by atoms with van der Waals surface area (Å²) in [6.07, 6.45) is 1.15. The molecule has 1 heterocycles. The number of carbonyl (C=O) groups is 1. The fourth-order valence-electron chi connectivity index (χ4n) is 2.77. The van der Waals surface area contributed by atoms with Crippen molar-refractivity contribution in [2.24, 2.45) is 0 Å². The number of hydrogen-bond donors (Lipinski definition) is 0. The highest BCUT2D eigenvalue weighted by Gasteiger charge is 2.16. The summed E-state index contributed by atoms with van der Waals surface area (Å²) in [5.41, 5.74) is 1.88. The number of nitrogens with zero attached hydrogens (tertiary/aromatic N) is 2. The predicted molar refractivity (Wildman–Crippen MR) is 89.0 cm³/mol. The summed E-state index contributed by atoms with van der Waals surface area (Å²) in [6.45, 7) is 12.7. The smallest absolute Gasteiger partial charge is 0.338 e. The van der Waals surface area contributed by atoms with Crippen molar-refractivity contribution in [3.8, 4) is 0 Å². The SMILES string of the molecule is CCCN1CCN(Cc2ccc(C(=O)OC(C)C)cc2)CC1. The first kappa shape index (κ1) is 17.0. The average molecular weight is 304 g/mol. The van der Waals surface area contributed by atoms with Crippen molar-refractivity contribution in [3.05, 3.63) is 35.4 Å².